The number of rotatable bonds is 5. The van der Waals surface area contributed by atoms with Crippen LogP contribution in [0, 0.1) is 5.41 Å². The van der Waals surface area contributed by atoms with Gasteiger partial charge in [-0.2, -0.15) is 0 Å². The molecule has 0 amide bonds. The largest absolute Gasteiger partial charge is 0.370 e. The molecule has 1 aromatic rings. The van der Waals surface area contributed by atoms with E-state index in [1.54, 1.807) is 11.3 Å². The van der Waals surface area contributed by atoms with E-state index in [-0.39, 0.29) is 29.4 Å². The first-order valence-corrected chi connectivity index (χ1v) is 8.59. The van der Waals surface area contributed by atoms with Crippen molar-refractivity contribution in [2.45, 2.75) is 13.8 Å². The molecule has 0 spiro atoms. The normalized spacial score (nSPS) is 16.7. The molecule has 2 heterocycles. The van der Waals surface area contributed by atoms with Crippen LogP contribution in [0.1, 0.15) is 13.8 Å². The quantitative estimate of drug-likeness (QED) is 0.420. The Morgan fingerprint density at radius 2 is 2.00 bits per heavy atom. The van der Waals surface area contributed by atoms with E-state index in [1.165, 1.54) is 0 Å². The lowest BCUT2D eigenvalue weighted by Gasteiger charge is -2.35. The summed E-state index contributed by atoms with van der Waals surface area (Å²) in [6, 6.07) is 0. The van der Waals surface area contributed by atoms with E-state index in [0.717, 1.165) is 44.4 Å². The minimum Gasteiger partial charge on any atom is -0.370 e. The molecule has 0 aliphatic carbocycles. The van der Waals surface area contributed by atoms with Crippen molar-refractivity contribution in [3.63, 3.8) is 0 Å². The summed E-state index contributed by atoms with van der Waals surface area (Å²) in [5, 5.41) is 3.12. The number of hydrogen-bond donors (Lipinski definition) is 1. The van der Waals surface area contributed by atoms with Gasteiger partial charge < -0.3 is 20.4 Å². The average molecular weight is 452 g/mol. The smallest absolute Gasteiger partial charge is 0.191 e. The lowest BCUT2D eigenvalue weighted by Crippen LogP contribution is -2.51. The third kappa shape index (κ3) is 6.42. The third-order valence-electron chi connectivity index (χ3n) is 3.71. The van der Waals surface area contributed by atoms with Crippen LogP contribution >= 0.6 is 35.3 Å². The molecule has 2 N–H and O–H groups in total. The molecule has 0 radical (unpaired) electrons. The summed E-state index contributed by atoms with van der Waals surface area (Å²) in [7, 11) is 4.18. The van der Waals surface area contributed by atoms with Crippen LogP contribution in [0.25, 0.3) is 0 Å². The van der Waals surface area contributed by atoms with Crippen LogP contribution in [-0.2, 0) is 0 Å². The highest BCUT2D eigenvalue weighted by Crippen LogP contribution is 2.19. The Morgan fingerprint density at radius 3 is 2.52 bits per heavy atom. The summed E-state index contributed by atoms with van der Waals surface area (Å²) in [6.07, 6.45) is 1.86. The van der Waals surface area contributed by atoms with Crippen LogP contribution in [0.15, 0.2) is 16.6 Å². The van der Waals surface area contributed by atoms with Crippen LogP contribution in [0.2, 0.25) is 0 Å². The van der Waals surface area contributed by atoms with E-state index < -0.39 is 0 Å². The number of nitrogens with zero attached hydrogens (tertiary/aromatic N) is 5. The number of hydrogen-bond acceptors (Lipinski definition) is 5. The Balaban J connectivity index is 0.00000264. The molecule has 132 valence electrons. The van der Waals surface area contributed by atoms with Gasteiger partial charge in [0.1, 0.15) is 0 Å². The summed E-state index contributed by atoms with van der Waals surface area (Å²) in [4.78, 5) is 15.7. The van der Waals surface area contributed by atoms with E-state index in [1.807, 2.05) is 11.6 Å². The first-order chi connectivity index (χ1) is 10.4. The van der Waals surface area contributed by atoms with Gasteiger partial charge in [0.15, 0.2) is 11.1 Å². The summed E-state index contributed by atoms with van der Waals surface area (Å²) < 4.78 is 0. The number of thiazole rings is 1. The zero-order valence-corrected chi connectivity index (χ0v) is 17.7. The van der Waals surface area contributed by atoms with Crippen molar-refractivity contribution in [2.75, 3.05) is 58.3 Å². The molecule has 1 aromatic heterocycles. The monoisotopic (exact) mass is 452 g/mol. The van der Waals surface area contributed by atoms with Gasteiger partial charge in [-0.3, -0.25) is 4.99 Å². The maximum Gasteiger partial charge on any atom is 0.191 e. The van der Waals surface area contributed by atoms with E-state index >= 15 is 0 Å². The van der Waals surface area contributed by atoms with Crippen molar-refractivity contribution < 1.29 is 0 Å². The molecule has 0 aromatic carbocycles. The first-order valence-electron chi connectivity index (χ1n) is 7.71. The van der Waals surface area contributed by atoms with E-state index in [9.17, 15) is 0 Å². The van der Waals surface area contributed by atoms with E-state index in [2.05, 4.69) is 52.6 Å². The molecule has 1 aliphatic heterocycles. The van der Waals surface area contributed by atoms with Crippen molar-refractivity contribution in [2.24, 2.45) is 16.1 Å². The number of aromatic nitrogens is 1. The molecule has 0 unspecified atom stereocenters. The average Bonchev–Trinajstić information content (AvgIpc) is 2.98. The van der Waals surface area contributed by atoms with E-state index in [4.69, 9.17) is 5.73 Å². The fraction of sp³-hybridized carbons (Fsp3) is 0.733. The van der Waals surface area contributed by atoms with Crippen LogP contribution in [0.4, 0.5) is 5.13 Å². The molecule has 0 saturated carbocycles. The van der Waals surface area contributed by atoms with Crippen LogP contribution in [-0.4, -0.2) is 74.1 Å². The predicted molar refractivity (Wildman–Crippen MR) is 110 cm³/mol. The van der Waals surface area contributed by atoms with Crippen molar-refractivity contribution in [3.05, 3.63) is 11.6 Å². The molecule has 1 aliphatic rings. The second kappa shape index (κ2) is 9.03. The Bertz CT molecular complexity index is 480. The second-order valence-electron chi connectivity index (χ2n) is 6.87. The van der Waals surface area contributed by atoms with Crippen LogP contribution in [0.5, 0.6) is 0 Å². The standard InChI is InChI=1S/C15H28N6S.HI/c1-15(2,12-19(3)4)11-18-13(16)20-6-8-21(9-7-20)14-17-5-10-22-14;/h5,10H,6-9,11-12H2,1-4H3,(H2,16,18);1H. The number of anilines is 1. The number of guanidine groups is 1. The second-order valence-corrected chi connectivity index (χ2v) is 7.74. The highest BCUT2D eigenvalue weighted by molar-refractivity contribution is 14.0. The van der Waals surface area contributed by atoms with Gasteiger partial charge in [-0.15, -0.1) is 35.3 Å². The van der Waals surface area contributed by atoms with Gasteiger partial charge in [-0.05, 0) is 19.5 Å². The molecule has 23 heavy (non-hydrogen) atoms. The highest BCUT2D eigenvalue weighted by atomic mass is 127. The molecule has 6 nitrogen and oxygen atoms in total. The number of aliphatic imine (C=N–C) groups is 1. The summed E-state index contributed by atoms with van der Waals surface area (Å²) in [6.45, 7) is 9.92. The van der Waals surface area contributed by atoms with Gasteiger partial charge in [0.2, 0.25) is 0 Å². The molecule has 0 bridgehead atoms. The zero-order chi connectivity index (χ0) is 16.2. The Morgan fingerprint density at radius 1 is 1.35 bits per heavy atom. The minimum absolute atomic E-state index is 0. The minimum atomic E-state index is 0. The van der Waals surface area contributed by atoms with Gasteiger partial charge >= 0.3 is 0 Å². The third-order valence-corrected chi connectivity index (χ3v) is 4.54. The summed E-state index contributed by atoms with van der Waals surface area (Å²) in [5.74, 6) is 0.672. The fourth-order valence-corrected chi connectivity index (χ4v) is 3.50. The number of nitrogens with two attached hydrogens (primary N) is 1. The van der Waals surface area contributed by atoms with Crippen LogP contribution in [0.3, 0.4) is 0 Å². The van der Waals surface area contributed by atoms with Crippen molar-refractivity contribution in [1.82, 2.24) is 14.8 Å². The van der Waals surface area contributed by atoms with E-state index in [0.29, 0.717) is 5.96 Å². The molecular formula is C15H29IN6S. The maximum absolute atomic E-state index is 6.18. The molecule has 2 rings (SSSR count). The molecule has 0 atom stereocenters. The Hall–Kier alpha value is -0.610. The van der Waals surface area contributed by atoms with Crippen molar-refractivity contribution in [1.29, 1.82) is 0 Å². The predicted octanol–water partition coefficient (Wildman–Crippen LogP) is 1.79. The summed E-state index contributed by atoms with van der Waals surface area (Å²) >= 11 is 1.69. The summed E-state index contributed by atoms with van der Waals surface area (Å²) in [5.41, 5.74) is 6.32. The van der Waals surface area contributed by atoms with Gasteiger partial charge in [-0.25, -0.2) is 4.98 Å². The number of halogens is 1. The fourth-order valence-electron chi connectivity index (χ4n) is 2.80. The number of piperazine rings is 1. The van der Waals surface area contributed by atoms with Gasteiger partial charge in [0.05, 0.1) is 0 Å². The highest BCUT2D eigenvalue weighted by Gasteiger charge is 2.22. The van der Waals surface area contributed by atoms with Crippen molar-refractivity contribution in [3.8, 4) is 0 Å². The Kier molecular flexibility index (Phi) is 8.02. The Labute approximate surface area is 160 Å². The molecular weight excluding hydrogens is 423 g/mol. The topological polar surface area (TPSA) is 61.0 Å². The molecule has 1 saturated heterocycles. The van der Waals surface area contributed by atoms with Gasteiger partial charge in [0.25, 0.3) is 0 Å². The maximum atomic E-state index is 6.18. The van der Waals surface area contributed by atoms with Crippen molar-refractivity contribution >= 4 is 46.4 Å². The SMILES string of the molecule is CN(C)CC(C)(C)CN=C(N)N1CCN(c2nccs2)CC1.I. The lowest BCUT2D eigenvalue weighted by atomic mass is 9.93. The molecule has 8 heteroatoms. The lowest BCUT2D eigenvalue weighted by molar-refractivity contribution is 0.247. The zero-order valence-electron chi connectivity index (χ0n) is 14.5. The first kappa shape index (κ1) is 20.4. The van der Waals surface area contributed by atoms with Crippen LogP contribution < -0.4 is 10.6 Å². The molecule has 1 fully saturated rings. The van der Waals surface area contributed by atoms with Gasteiger partial charge in [0, 0.05) is 50.8 Å². The van der Waals surface area contributed by atoms with Gasteiger partial charge in [-0.1, -0.05) is 13.8 Å².